The van der Waals surface area contributed by atoms with Crippen molar-refractivity contribution in [2.75, 3.05) is 9.80 Å². The number of rotatable bonds is 6. The number of anilines is 6. The summed E-state index contributed by atoms with van der Waals surface area (Å²) in [6, 6.07) is 52.0. The number of furan rings is 5. The molecular weight excluding hydrogens is 739 g/mol. The molecular formula is C49H27N5O5. The third-order valence-corrected chi connectivity index (χ3v) is 11.0. The Morgan fingerprint density at radius 3 is 1.44 bits per heavy atom. The van der Waals surface area contributed by atoms with Gasteiger partial charge in [-0.05, 0) is 60.7 Å². The van der Waals surface area contributed by atoms with E-state index in [9.17, 15) is 0 Å². The van der Waals surface area contributed by atoms with Gasteiger partial charge in [-0.2, -0.15) is 9.97 Å². The van der Waals surface area contributed by atoms with Crippen molar-refractivity contribution in [2.24, 2.45) is 0 Å². The fourth-order valence-corrected chi connectivity index (χ4v) is 8.24. The smallest absolute Gasteiger partial charge is 0.250 e. The molecule has 7 aromatic heterocycles. The third kappa shape index (κ3) is 4.90. The van der Waals surface area contributed by atoms with E-state index in [1.54, 1.807) is 6.20 Å². The molecule has 13 aromatic rings. The van der Waals surface area contributed by atoms with Gasteiger partial charge >= 0.3 is 0 Å². The predicted octanol–water partition coefficient (Wildman–Crippen LogP) is 14.0. The van der Waals surface area contributed by atoms with E-state index in [0.717, 1.165) is 82.6 Å². The van der Waals surface area contributed by atoms with Gasteiger partial charge in [-0.3, -0.25) is 9.80 Å². The molecule has 0 aliphatic heterocycles. The van der Waals surface area contributed by atoms with Gasteiger partial charge in [-0.1, -0.05) is 72.8 Å². The van der Waals surface area contributed by atoms with Crippen LogP contribution in [0.5, 0.6) is 0 Å². The molecule has 0 saturated carbocycles. The van der Waals surface area contributed by atoms with Gasteiger partial charge in [0.1, 0.15) is 44.8 Å². The second-order valence-electron chi connectivity index (χ2n) is 14.5. The molecule has 10 nitrogen and oxygen atoms in total. The van der Waals surface area contributed by atoms with Gasteiger partial charge in [0.15, 0.2) is 5.82 Å². The van der Waals surface area contributed by atoms with Gasteiger partial charge < -0.3 is 22.1 Å². The molecule has 0 radical (unpaired) electrons. The number of nitrogens with zero attached hydrogens (tertiary/aromatic N) is 5. The Morgan fingerprint density at radius 1 is 0.356 bits per heavy atom. The first kappa shape index (κ1) is 31.8. The normalized spacial score (nSPS) is 12.1. The van der Waals surface area contributed by atoms with E-state index < -0.39 is 0 Å². The third-order valence-electron chi connectivity index (χ3n) is 11.0. The molecule has 7 heterocycles. The van der Waals surface area contributed by atoms with Crippen molar-refractivity contribution >= 4 is 123 Å². The highest BCUT2D eigenvalue weighted by molar-refractivity contribution is 6.08. The van der Waals surface area contributed by atoms with Gasteiger partial charge in [-0.25, -0.2) is 4.98 Å². The number of hydrogen-bond acceptors (Lipinski definition) is 10. The molecule has 278 valence electrons. The lowest BCUT2D eigenvalue weighted by atomic mass is 10.1. The maximum absolute atomic E-state index is 6.48. The minimum absolute atomic E-state index is 0.326. The van der Waals surface area contributed by atoms with E-state index >= 15 is 0 Å². The molecule has 6 aromatic carbocycles. The number of para-hydroxylation sites is 4. The van der Waals surface area contributed by atoms with Crippen molar-refractivity contribution in [1.29, 1.82) is 0 Å². The molecule has 0 bridgehead atoms. The molecule has 0 aliphatic carbocycles. The average molecular weight is 766 g/mol. The largest absolute Gasteiger partial charge is 0.456 e. The lowest BCUT2D eigenvalue weighted by molar-refractivity contribution is 0.616. The molecule has 10 heteroatoms. The van der Waals surface area contributed by atoms with Crippen molar-refractivity contribution in [1.82, 2.24) is 15.0 Å². The Bertz CT molecular complexity index is 3480. The first-order valence-corrected chi connectivity index (χ1v) is 19.1. The highest BCUT2D eigenvalue weighted by atomic mass is 16.4. The van der Waals surface area contributed by atoms with Crippen LogP contribution in [-0.4, -0.2) is 15.0 Å². The number of hydrogen-bond donors (Lipinski definition) is 0. The highest BCUT2D eigenvalue weighted by Gasteiger charge is 2.25. The van der Waals surface area contributed by atoms with Crippen LogP contribution in [-0.2, 0) is 0 Å². The summed E-state index contributed by atoms with van der Waals surface area (Å²) >= 11 is 0. The zero-order valence-corrected chi connectivity index (χ0v) is 30.9. The summed E-state index contributed by atoms with van der Waals surface area (Å²) in [6.07, 6.45) is 1.73. The summed E-state index contributed by atoms with van der Waals surface area (Å²) in [6.45, 7) is 0. The number of aromatic nitrogens is 3. The molecule has 0 fully saturated rings. The van der Waals surface area contributed by atoms with Gasteiger partial charge in [0, 0.05) is 56.6 Å². The van der Waals surface area contributed by atoms with E-state index in [-0.39, 0.29) is 0 Å². The van der Waals surface area contributed by atoms with E-state index in [1.807, 2.05) is 143 Å². The summed E-state index contributed by atoms with van der Waals surface area (Å²) in [4.78, 5) is 18.9. The molecule has 0 unspecified atom stereocenters. The first-order chi connectivity index (χ1) is 29.2. The van der Waals surface area contributed by atoms with Crippen molar-refractivity contribution in [3.05, 3.63) is 164 Å². The van der Waals surface area contributed by atoms with E-state index in [1.165, 1.54) is 0 Å². The quantitative estimate of drug-likeness (QED) is 0.162. The summed E-state index contributed by atoms with van der Waals surface area (Å²) in [5.74, 6) is 2.23. The molecule has 13 rings (SSSR count). The van der Waals surface area contributed by atoms with Crippen molar-refractivity contribution in [3.63, 3.8) is 0 Å². The van der Waals surface area contributed by atoms with Crippen LogP contribution >= 0.6 is 0 Å². The van der Waals surface area contributed by atoms with E-state index in [0.29, 0.717) is 40.3 Å². The first-order valence-electron chi connectivity index (χ1n) is 19.1. The lowest BCUT2D eigenvalue weighted by Gasteiger charge is -2.21. The fourth-order valence-electron chi connectivity index (χ4n) is 8.24. The van der Waals surface area contributed by atoms with E-state index in [4.69, 9.17) is 37.0 Å². The molecule has 0 amide bonds. The maximum Gasteiger partial charge on any atom is 0.250 e. The molecule has 0 spiro atoms. The van der Waals surface area contributed by atoms with Gasteiger partial charge in [0.05, 0.1) is 23.0 Å². The standard InChI is InChI=1S/C49H27N5O5/c1-5-13-37-28(9-1)23-45(57-37)53(30-17-19-34-32-11-3-7-15-39(32)55-41(34)25-30)43-22-21-36-47-49(59-48(36)51-43)52-44(27-50-47)54(46-24-29-10-2-6-14-38(29)58-46)31-18-20-35-33-12-4-8-16-40(33)56-42(35)26-31/h1-27H. The predicted molar refractivity (Wildman–Crippen MR) is 231 cm³/mol. The molecule has 0 N–H and O–H groups in total. The van der Waals surface area contributed by atoms with E-state index in [2.05, 4.69) is 24.3 Å². The van der Waals surface area contributed by atoms with Gasteiger partial charge in [-0.15, -0.1) is 0 Å². The van der Waals surface area contributed by atoms with Crippen LogP contribution in [0, 0.1) is 0 Å². The second kappa shape index (κ2) is 12.1. The molecule has 0 saturated heterocycles. The fraction of sp³-hybridized carbons (Fsp3) is 0. The van der Waals surface area contributed by atoms with Crippen LogP contribution in [0.25, 0.3) is 88.1 Å². The van der Waals surface area contributed by atoms with Crippen LogP contribution in [0.1, 0.15) is 0 Å². The molecule has 0 aliphatic rings. The Labute approximate surface area is 332 Å². The summed E-state index contributed by atoms with van der Waals surface area (Å²) in [7, 11) is 0. The van der Waals surface area contributed by atoms with Crippen molar-refractivity contribution in [3.8, 4) is 0 Å². The second-order valence-corrected chi connectivity index (χ2v) is 14.5. The Balaban J connectivity index is 0.959. The van der Waals surface area contributed by atoms with Crippen molar-refractivity contribution < 1.29 is 22.1 Å². The van der Waals surface area contributed by atoms with Crippen LogP contribution in [0.3, 0.4) is 0 Å². The van der Waals surface area contributed by atoms with Gasteiger partial charge in [0.25, 0.3) is 0 Å². The van der Waals surface area contributed by atoms with Crippen LogP contribution in [0.15, 0.2) is 186 Å². The summed E-state index contributed by atoms with van der Waals surface area (Å²) in [5, 5.41) is 6.80. The Kier molecular flexibility index (Phi) is 6.50. The Morgan fingerprint density at radius 2 is 0.847 bits per heavy atom. The molecule has 0 atom stereocenters. The number of pyridine rings is 1. The highest BCUT2D eigenvalue weighted by Crippen LogP contribution is 2.43. The minimum atomic E-state index is 0.326. The SMILES string of the molecule is c1ccc2oc(N(c3ccc4c(c3)oc3ccccc34)c3ccc4c(n3)oc3nc(N(c5ccc6c(c5)oc5ccccc56)c5cc6ccccc6o5)cnc34)cc2c1. The van der Waals surface area contributed by atoms with Crippen molar-refractivity contribution in [2.45, 2.75) is 0 Å². The minimum Gasteiger partial charge on any atom is -0.456 e. The topological polar surface area (TPSA) is 111 Å². The zero-order valence-electron chi connectivity index (χ0n) is 30.9. The van der Waals surface area contributed by atoms with Crippen LogP contribution < -0.4 is 9.80 Å². The lowest BCUT2D eigenvalue weighted by Crippen LogP contribution is -2.11. The number of benzene rings is 6. The van der Waals surface area contributed by atoms with Crippen LogP contribution in [0.2, 0.25) is 0 Å². The number of fused-ring (bicyclic) bond motifs is 11. The average Bonchev–Trinajstić information content (AvgIpc) is 4.10. The summed E-state index contributed by atoms with van der Waals surface area (Å²) in [5.41, 5.74) is 7.52. The Hall–Kier alpha value is -8.37. The monoisotopic (exact) mass is 765 g/mol. The van der Waals surface area contributed by atoms with Gasteiger partial charge in [0.2, 0.25) is 23.2 Å². The zero-order chi connectivity index (χ0) is 38.6. The summed E-state index contributed by atoms with van der Waals surface area (Å²) < 4.78 is 32.0. The van der Waals surface area contributed by atoms with Crippen LogP contribution in [0.4, 0.5) is 34.8 Å². The molecule has 59 heavy (non-hydrogen) atoms. The maximum atomic E-state index is 6.48.